The van der Waals surface area contributed by atoms with Gasteiger partial charge in [0.05, 0.1) is 47.9 Å². The number of hydroxylamine groups is 1. The van der Waals surface area contributed by atoms with Crippen LogP contribution in [0.15, 0.2) is 126 Å². The zero-order valence-corrected chi connectivity index (χ0v) is 72.2. The molecule has 7 aliphatic heterocycles. The maximum atomic E-state index is 16.4. The number of phenolic OH excluding ortho intramolecular Hbond substituents is 3. The molecule has 42 nitrogen and oxygen atoms in total. The van der Waals surface area contributed by atoms with Crippen molar-refractivity contribution in [2.45, 2.75) is 170 Å². The Morgan fingerprint density at radius 1 is 0.731 bits per heavy atom. The number of aliphatic hydroxyl groups is 6. The topological polar surface area (TPSA) is 620 Å². The number of nitrogens with zero attached hydrogens (tertiary/aromatic N) is 2. The monoisotopic (exact) mass is 1840 g/mol. The van der Waals surface area contributed by atoms with E-state index in [4.69, 9.17) is 66.9 Å². The Bertz CT molecular complexity index is 5540. The number of aromatic hydroxyl groups is 3. The van der Waals surface area contributed by atoms with E-state index in [9.17, 15) is 74.7 Å². The van der Waals surface area contributed by atoms with Gasteiger partial charge in [0, 0.05) is 61.6 Å². The standard InChI is InChI=1S/C86H98Cl2N14O28/c1-8-123-45-15-9-39(10-16-45)11-20-61(108)94-60-21-23-102(85(122)95-60)24-22-92-86(5)34-63(125-38(4)76(86)114)129-75-73(113)72(112)58(35-103)128-84(75)130-74-56-29-43-30-57(74)127-55-19-14-42(28-49(55)88)71(111)69-82(120)98-67(83(121)101-124-36-62(109)91-7)47-31-44(104)32-53(106)64(47)46-26-40(12-17-52(46)105)65(79(117)100-69)97-80(118)66(43)96-78(116)51(33-59(89)107)93-81(119)68(99-77(115)50(90-6)25-37(2)3)70(110)41-13-18-54(126-56)48(87)27-41/h9-21,23,26-32,37-38,50-51,58,63,65-73,75-76,84,90,92,103-106,110-114H,8,22,24-25,33-36H2,1-7H3,(H2,89,107)(H,91,109)(H,93,119)(H,96,116)(H,97,118)(H,98,120)(H,99,115)(H,100,117)(H,101,121)(H,94,95,108,122)/b20-11+/t38?,50?,51?,58?,63?,65?,66?,67-,68?,69?,70?,71?,72?,73?,75?,76?,84?,86-/m1/s1. The molecule has 130 heavy (non-hydrogen) atoms. The molecule has 0 radical (unpaired) electrons. The second-order valence-corrected chi connectivity index (χ2v) is 32.6. The summed E-state index contributed by atoms with van der Waals surface area (Å²) in [6.07, 6.45) is -15.5. The van der Waals surface area contributed by atoms with E-state index >= 15 is 24.0 Å². The summed E-state index contributed by atoms with van der Waals surface area (Å²) in [7, 11) is 2.72. The molecule has 7 aromatic rings. The van der Waals surface area contributed by atoms with Crippen LogP contribution in [-0.4, -0.2) is 234 Å². The minimum absolute atomic E-state index is 0.0412. The van der Waals surface area contributed by atoms with Crippen molar-refractivity contribution in [3.05, 3.63) is 175 Å². The van der Waals surface area contributed by atoms with Crippen LogP contribution in [0.25, 0.3) is 17.2 Å². The highest BCUT2D eigenvalue weighted by molar-refractivity contribution is 6.32. The van der Waals surface area contributed by atoms with Gasteiger partial charge in [-0.1, -0.05) is 67.4 Å². The van der Waals surface area contributed by atoms with Crippen LogP contribution >= 0.6 is 23.2 Å². The van der Waals surface area contributed by atoms with Gasteiger partial charge in [-0.3, -0.25) is 57.4 Å². The molecular formula is C86H98Cl2N14O28. The van der Waals surface area contributed by atoms with Gasteiger partial charge >= 0.3 is 5.69 Å². The van der Waals surface area contributed by atoms with Crippen molar-refractivity contribution >= 4 is 94.2 Å². The summed E-state index contributed by atoms with van der Waals surface area (Å²) in [6, 6.07) is 7.36. The van der Waals surface area contributed by atoms with E-state index in [1.54, 1.807) is 51.1 Å². The van der Waals surface area contributed by atoms with Crippen LogP contribution in [0.2, 0.25) is 10.0 Å². The van der Waals surface area contributed by atoms with Crippen molar-refractivity contribution in [3.8, 4) is 62.9 Å². The van der Waals surface area contributed by atoms with Crippen molar-refractivity contribution in [2.75, 3.05) is 45.8 Å². The summed E-state index contributed by atoms with van der Waals surface area (Å²) in [4.78, 5) is 168. The molecule has 0 saturated carbocycles. The zero-order chi connectivity index (χ0) is 94.0. The number of rotatable bonds is 25. The lowest BCUT2D eigenvalue weighted by Gasteiger charge is -2.48. The molecule has 0 spiro atoms. The summed E-state index contributed by atoms with van der Waals surface area (Å²) in [6.45, 7) is 7.07. The van der Waals surface area contributed by atoms with Gasteiger partial charge in [0.15, 0.2) is 30.5 Å². The van der Waals surface area contributed by atoms with E-state index in [-0.39, 0.29) is 48.8 Å². The van der Waals surface area contributed by atoms with Crippen LogP contribution < -0.4 is 89.0 Å². The van der Waals surface area contributed by atoms with Gasteiger partial charge in [-0.05, 0) is 152 Å². The van der Waals surface area contributed by atoms with Crippen molar-refractivity contribution in [1.82, 2.24) is 62.9 Å². The molecule has 16 unspecified atom stereocenters. The Balaban J connectivity index is 0.986. The molecule has 2 saturated heterocycles. The SMILES string of the molecule is CCOc1ccc(/C=C/C(=O)Nc2ccn(CCN[C@]3(C)CC(OC4C(Oc5c6cc7cc5Oc5ccc(cc5Cl)C(O)C5NC(=O)C(NC(=O)C7NC(=O)C(CC(N)=O)NC(=O)C(NC(=O)C(CC(C)C)NC)C(O)c7ccc(c(Cl)c7)O6)c6ccc(O)c(c6)-c6c(O)cc(O)cc6[C@H](C(=O)NOCC(=O)NC)NC5=O)OC(CO)C(O)C4O)OC(C)C3O)c(=O)n2)cc1. The van der Waals surface area contributed by atoms with Gasteiger partial charge in [0.1, 0.15) is 107 Å². The van der Waals surface area contributed by atoms with Crippen LogP contribution in [-0.2, 0) is 73.5 Å². The number of likely N-dealkylation sites (N-methyl/N-ethyl adjacent to an activating group) is 2. The predicted molar refractivity (Wildman–Crippen MR) is 457 cm³/mol. The van der Waals surface area contributed by atoms with E-state index in [0.717, 1.165) is 66.7 Å². The molecule has 7 aliphatic rings. The molecule has 18 atom stereocenters. The number of nitrogens with one attached hydrogen (secondary N) is 11. The third-order valence-corrected chi connectivity index (χ3v) is 22.6. The average Bonchev–Trinajstić information content (AvgIpc) is 0.765. The van der Waals surface area contributed by atoms with E-state index in [1.165, 1.54) is 56.1 Å². The summed E-state index contributed by atoms with van der Waals surface area (Å²) >= 11 is 14.4. The first-order valence-corrected chi connectivity index (χ1v) is 41.7. The first-order chi connectivity index (χ1) is 61.9. The van der Waals surface area contributed by atoms with Crippen LogP contribution in [0, 0.1) is 5.92 Å². The summed E-state index contributed by atoms with van der Waals surface area (Å²) in [5.41, 5.74) is 3.35. The number of carbonyl (C=O) groups excluding carboxylic acids is 10. The molecule has 0 aliphatic carbocycles. The zero-order valence-electron chi connectivity index (χ0n) is 70.7. The molecule has 11 bridgehead atoms. The van der Waals surface area contributed by atoms with E-state index in [1.807, 2.05) is 12.4 Å². The quantitative estimate of drug-likeness (QED) is 0.0277. The van der Waals surface area contributed by atoms with Crippen LogP contribution in [0.1, 0.15) is 118 Å². The first-order valence-electron chi connectivity index (χ1n) is 41.0. The molecule has 14 rings (SSSR count). The Hall–Kier alpha value is -12.7. The van der Waals surface area contributed by atoms with Crippen LogP contribution in [0.3, 0.4) is 0 Å². The molecule has 694 valence electrons. The highest BCUT2D eigenvalue weighted by Crippen LogP contribution is 2.50. The minimum Gasteiger partial charge on any atom is -0.508 e. The molecule has 22 N–H and O–H groups in total. The number of fused-ring (bicyclic) bond motifs is 15. The van der Waals surface area contributed by atoms with Gasteiger partial charge in [0.25, 0.3) is 5.91 Å². The molecule has 2 fully saturated rings. The van der Waals surface area contributed by atoms with Crippen molar-refractivity contribution < 1.29 is 132 Å². The number of ether oxygens (including phenoxy) is 7. The average molecular weight is 1850 g/mol. The molecule has 8 heterocycles. The number of hydrogen-bond donors (Lipinski definition) is 21. The number of benzene rings is 6. The second kappa shape index (κ2) is 41.8. The van der Waals surface area contributed by atoms with Gasteiger partial charge in [-0.15, -0.1) is 0 Å². The Morgan fingerprint density at radius 2 is 1.38 bits per heavy atom. The number of halogens is 2. The normalized spacial score (nSPS) is 25.4. The molecule has 1 aromatic heterocycles. The first kappa shape index (κ1) is 96.4. The highest BCUT2D eigenvalue weighted by Gasteiger charge is 2.52. The number of nitrogens with two attached hydrogens (primary N) is 1. The maximum Gasteiger partial charge on any atom is 0.349 e. The second-order valence-electron chi connectivity index (χ2n) is 31.8. The Morgan fingerprint density at radius 3 is 2.02 bits per heavy atom. The predicted octanol–water partition coefficient (Wildman–Crippen LogP) is 0.754. The number of hydrogen-bond acceptors (Lipinski definition) is 31. The Kier molecular flexibility index (Phi) is 31.0. The molecule has 44 heteroatoms. The lowest BCUT2D eigenvalue weighted by atomic mass is 9.85. The van der Waals surface area contributed by atoms with E-state index in [0.29, 0.717) is 17.9 Å². The molecular weight excluding hydrogens is 1750 g/mol. The number of phenols is 3. The maximum absolute atomic E-state index is 16.4. The number of amides is 10. The highest BCUT2D eigenvalue weighted by atomic mass is 35.5. The third-order valence-electron chi connectivity index (χ3n) is 22.0. The number of anilines is 1. The van der Waals surface area contributed by atoms with Crippen molar-refractivity contribution in [2.24, 2.45) is 11.7 Å². The van der Waals surface area contributed by atoms with E-state index < -0.39 is 277 Å². The Labute approximate surface area is 750 Å². The smallest absolute Gasteiger partial charge is 0.349 e. The fourth-order valence-electron chi connectivity index (χ4n) is 15.3. The van der Waals surface area contributed by atoms with Gasteiger partial charge in [-0.25, -0.2) is 10.3 Å². The van der Waals surface area contributed by atoms with Gasteiger partial charge in [-0.2, -0.15) is 4.98 Å². The van der Waals surface area contributed by atoms with E-state index in [2.05, 4.69) is 58.2 Å². The number of carbonyl (C=O) groups is 10. The van der Waals surface area contributed by atoms with Crippen molar-refractivity contribution in [3.63, 3.8) is 0 Å². The third kappa shape index (κ3) is 22.4. The number of aromatic nitrogens is 2. The number of aliphatic hydroxyl groups excluding tert-OH is 6. The lowest BCUT2D eigenvalue weighted by molar-refractivity contribution is -0.334. The fourth-order valence-corrected chi connectivity index (χ4v) is 15.7. The van der Waals surface area contributed by atoms with Gasteiger partial charge < -0.3 is 138 Å². The van der Waals surface area contributed by atoms with Crippen molar-refractivity contribution in [1.29, 1.82) is 0 Å². The minimum atomic E-state index is -2.42. The summed E-state index contributed by atoms with van der Waals surface area (Å²) in [5.74, 6) is -16.8. The largest absolute Gasteiger partial charge is 0.508 e. The van der Waals surface area contributed by atoms with Gasteiger partial charge in [0.2, 0.25) is 65.2 Å². The van der Waals surface area contributed by atoms with Crippen LogP contribution in [0.4, 0.5) is 5.82 Å². The lowest BCUT2D eigenvalue weighted by Crippen LogP contribution is -2.65. The summed E-state index contributed by atoms with van der Waals surface area (Å²) < 4.78 is 46.2. The fraction of sp³-hybridized carbons (Fsp3) is 0.395. The molecule has 6 aromatic carbocycles. The number of primary amides is 1. The van der Waals surface area contributed by atoms with Crippen LogP contribution in [0.5, 0.6) is 51.7 Å². The molecule has 10 amide bonds. The summed E-state index contributed by atoms with van der Waals surface area (Å²) in [5, 5.41) is 132.